The fourth-order valence-electron chi connectivity index (χ4n) is 4.11. The van der Waals surface area contributed by atoms with E-state index in [2.05, 4.69) is 9.55 Å². The second-order valence-electron chi connectivity index (χ2n) is 7.51. The quantitative estimate of drug-likeness (QED) is 0.743. The largest absolute Gasteiger partial charge is 0.495 e. The lowest BCUT2D eigenvalue weighted by Crippen LogP contribution is -2.39. The fourth-order valence-corrected chi connectivity index (χ4v) is 5.81. The van der Waals surface area contributed by atoms with Gasteiger partial charge < -0.3 is 14.2 Å². The third-order valence-corrected chi connectivity index (χ3v) is 7.71. The van der Waals surface area contributed by atoms with Gasteiger partial charge in [0.05, 0.1) is 13.4 Å². The predicted molar refractivity (Wildman–Crippen MR) is 107 cm³/mol. The van der Waals surface area contributed by atoms with Crippen LogP contribution >= 0.6 is 0 Å². The third-order valence-electron chi connectivity index (χ3n) is 5.79. The van der Waals surface area contributed by atoms with E-state index in [4.69, 9.17) is 4.74 Å². The first-order chi connectivity index (χ1) is 14.0. The van der Waals surface area contributed by atoms with E-state index >= 15 is 0 Å². The van der Waals surface area contributed by atoms with Crippen molar-refractivity contribution in [3.05, 3.63) is 42.5 Å². The maximum Gasteiger partial charge on any atom is 0.253 e. The van der Waals surface area contributed by atoms with Crippen molar-refractivity contribution < 1.29 is 17.9 Å². The number of likely N-dealkylation sites (tertiary alicyclic amines) is 1. The number of imidazole rings is 1. The topological polar surface area (TPSA) is 84.7 Å². The molecule has 2 fully saturated rings. The van der Waals surface area contributed by atoms with E-state index in [0.29, 0.717) is 37.8 Å². The van der Waals surface area contributed by atoms with Crippen molar-refractivity contribution in [3.8, 4) is 5.75 Å². The molecule has 0 N–H and O–H groups in total. The van der Waals surface area contributed by atoms with Crippen LogP contribution < -0.4 is 4.74 Å². The lowest BCUT2D eigenvalue weighted by molar-refractivity contribution is 0.0694. The number of amides is 1. The summed E-state index contributed by atoms with van der Waals surface area (Å²) in [4.78, 5) is 19.0. The van der Waals surface area contributed by atoms with Crippen LogP contribution in [-0.4, -0.2) is 66.4 Å². The minimum atomic E-state index is -3.68. The highest BCUT2D eigenvalue weighted by Gasteiger charge is 2.31. The summed E-state index contributed by atoms with van der Waals surface area (Å²) in [6, 6.07) is 5.03. The molecule has 0 unspecified atom stereocenters. The normalized spacial score (nSPS) is 18.9. The molecule has 8 nitrogen and oxygen atoms in total. The molecule has 0 bridgehead atoms. The van der Waals surface area contributed by atoms with Crippen LogP contribution in [0.3, 0.4) is 0 Å². The van der Waals surface area contributed by atoms with Crippen molar-refractivity contribution in [1.29, 1.82) is 0 Å². The first-order valence-corrected chi connectivity index (χ1v) is 11.4. The van der Waals surface area contributed by atoms with Crippen LogP contribution in [0.25, 0.3) is 0 Å². The molecule has 1 aromatic heterocycles. The van der Waals surface area contributed by atoms with Crippen molar-refractivity contribution in [2.24, 2.45) is 0 Å². The Morgan fingerprint density at radius 1 is 1.14 bits per heavy atom. The summed E-state index contributed by atoms with van der Waals surface area (Å²) in [5.41, 5.74) is 0.379. The number of ether oxygens (including phenoxy) is 1. The summed E-state index contributed by atoms with van der Waals surface area (Å²) in [7, 11) is -2.23. The van der Waals surface area contributed by atoms with Crippen LogP contribution in [0, 0.1) is 0 Å². The zero-order chi connectivity index (χ0) is 20.4. The Bertz CT molecular complexity index is 960. The lowest BCUT2D eigenvalue weighted by Gasteiger charge is -2.32. The van der Waals surface area contributed by atoms with Crippen LogP contribution in [0.5, 0.6) is 5.75 Å². The molecule has 0 radical (unpaired) electrons. The van der Waals surface area contributed by atoms with E-state index in [1.165, 1.54) is 17.5 Å². The molecular formula is C20H26N4O4S. The molecule has 2 aliphatic rings. The maximum atomic E-state index is 13.1. The molecular weight excluding hydrogens is 392 g/mol. The Hall–Kier alpha value is -2.39. The summed E-state index contributed by atoms with van der Waals surface area (Å²) in [6.07, 6.45) is 8.91. The molecule has 2 aromatic rings. The molecule has 9 heteroatoms. The number of piperidine rings is 1. The van der Waals surface area contributed by atoms with Gasteiger partial charge in [-0.1, -0.05) is 0 Å². The summed E-state index contributed by atoms with van der Waals surface area (Å²) >= 11 is 0. The second kappa shape index (κ2) is 8.16. The predicted octanol–water partition coefficient (Wildman–Crippen LogP) is 2.15. The highest BCUT2D eigenvalue weighted by Crippen LogP contribution is 2.31. The maximum absolute atomic E-state index is 13.1. The number of hydrogen-bond donors (Lipinski definition) is 0. The highest BCUT2D eigenvalue weighted by molar-refractivity contribution is 7.89. The van der Waals surface area contributed by atoms with Crippen LogP contribution in [-0.2, 0) is 10.0 Å². The SMILES string of the molecule is COc1ccc(C(=O)N2CCC(n3ccnc3)CC2)cc1S(=O)(=O)N1CCCC1. The van der Waals surface area contributed by atoms with Crippen molar-refractivity contribution in [3.63, 3.8) is 0 Å². The van der Waals surface area contributed by atoms with Crippen molar-refractivity contribution in [2.75, 3.05) is 33.3 Å². The molecule has 1 aromatic carbocycles. The molecule has 156 valence electrons. The first-order valence-electron chi connectivity index (χ1n) is 9.95. The van der Waals surface area contributed by atoms with Crippen molar-refractivity contribution in [1.82, 2.24) is 18.8 Å². The van der Waals surface area contributed by atoms with Gasteiger partial charge >= 0.3 is 0 Å². The zero-order valence-electron chi connectivity index (χ0n) is 16.5. The molecule has 2 saturated heterocycles. The molecule has 29 heavy (non-hydrogen) atoms. The minimum absolute atomic E-state index is 0.0704. The van der Waals surface area contributed by atoms with Gasteiger partial charge in [0.25, 0.3) is 5.91 Å². The number of hydrogen-bond acceptors (Lipinski definition) is 5. The average molecular weight is 419 g/mol. The van der Waals surface area contributed by atoms with Gasteiger partial charge in [-0.15, -0.1) is 0 Å². The number of carbonyl (C=O) groups excluding carboxylic acids is 1. The van der Waals surface area contributed by atoms with E-state index in [1.54, 1.807) is 29.6 Å². The monoisotopic (exact) mass is 418 g/mol. The van der Waals surface area contributed by atoms with Crippen LogP contribution in [0.4, 0.5) is 0 Å². The van der Waals surface area contributed by atoms with Gasteiger partial charge in [-0.05, 0) is 43.9 Å². The molecule has 1 amide bonds. The van der Waals surface area contributed by atoms with Crippen LogP contribution in [0.2, 0.25) is 0 Å². The molecule has 0 aliphatic carbocycles. The number of carbonyl (C=O) groups is 1. The molecule has 0 spiro atoms. The Morgan fingerprint density at radius 2 is 1.86 bits per heavy atom. The number of methoxy groups -OCH3 is 1. The van der Waals surface area contributed by atoms with Gasteiger partial charge in [0.1, 0.15) is 10.6 Å². The van der Waals surface area contributed by atoms with E-state index in [-0.39, 0.29) is 16.6 Å². The summed E-state index contributed by atoms with van der Waals surface area (Å²) in [6.45, 7) is 2.26. The van der Waals surface area contributed by atoms with Crippen molar-refractivity contribution >= 4 is 15.9 Å². The van der Waals surface area contributed by atoms with E-state index in [1.807, 2.05) is 6.20 Å². The summed E-state index contributed by atoms with van der Waals surface area (Å²) < 4.78 is 34.9. The van der Waals surface area contributed by atoms with Crippen molar-refractivity contribution in [2.45, 2.75) is 36.6 Å². The number of sulfonamides is 1. The fraction of sp³-hybridized carbons (Fsp3) is 0.500. The van der Waals surface area contributed by atoms with Crippen LogP contribution in [0.15, 0.2) is 41.8 Å². The number of aromatic nitrogens is 2. The Labute approximate surface area is 171 Å². The van der Waals surface area contributed by atoms with Gasteiger partial charge in [0.2, 0.25) is 10.0 Å². The van der Waals surface area contributed by atoms with Gasteiger partial charge in [0.15, 0.2) is 0 Å². The molecule has 3 heterocycles. The number of nitrogens with zero attached hydrogens (tertiary/aromatic N) is 4. The second-order valence-corrected chi connectivity index (χ2v) is 9.42. The first kappa shape index (κ1) is 19.9. The van der Waals surface area contributed by atoms with Gasteiger partial charge in [0, 0.05) is 50.2 Å². The minimum Gasteiger partial charge on any atom is -0.495 e. The molecule has 0 atom stereocenters. The van der Waals surface area contributed by atoms with Gasteiger partial charge in [-0.3, -0.25) is 4.79 Å². The third kappa shape index (κ3) is 3.89. The average Bonchev–Trinajstić information content (AvgIpc) is 3.47. The van der Waals surface area contributed by atoms with Gasteiger partial charge in [-0.25, -0.2) is 13.4 Å². The summed E-state index contributed by atoms with van der Waals surface area (Å²) in [5, 5.41) is 0. The highest BCUT2D eigenvalue weighted by atomic mass is 32.2. The Morgan fingerprint density at radius 3 is 2.48 bits per heavy atom. The number of benzene rings is 1. The standard InChI is InChI=1S/C20H26N4O4S/c1-28-18-5-4-16(14-19(18)29(26,27)24-9-2-3-10-24)20(25)22-11-6-17(7-12-22)23-13-8-21-15-23/h4-5,8,13-15,17H,2-3,6-7,9-12H2,1H3. The van der Waals surface area contributed by atoms with E-state index in [9.17, 15) is 13.2 Å². The van der Waals surface area contributed by atoms with Crippen LogP contribution in [0.1, 0.15) is 42.1 Å². The molecule has 2 aliphatic heterocycles. The van der Waals surface area contributed by atoms with E-state index < -0.39 is 10.0 Å². The van der Waals surface area contributed by atoms with Gasteiger partial charge in [-0.2, -0.15) is 4.31 Å². The number of rotatable bonds is 5. The Balaban J connectivity index is 1.53. The lowest BCUT2D eigenvalue weighted by atomic mass is 10.0. The van der Waals surface area contributed by atoms with E-state index in [0.717, 1.165) is 25.7 Å². The smallest absolute Gasteiger partial charge is 0.253 e. The molecule has 0 saturated carbocycles. The molecule has 4 rings (SSSR count). The Kier molecular flexibility index (Phi) is 5.60. The zero-order valence-corrected chi connectivity index (χ0v) is 17.3. The summed E-state index contributed by atoms with van der Waals surface area (Å²) in [5.74, 6) is 0.127.